The van der Waals surface area contributed by atoms with Gasteiger partial charge in [-0.3, -0.25) is 0 Å². The fourth-order valence-corrected chi connectivity index (χ4v) is 3.16. The zero-order valence-corrected chi connectivity index (χ0v) is 14.5. The van der Waals surface area contributed by atoms with Crippen LogP contribution in [0.4, 0.5) is 0 Å². The lowest BCUT2D eigenvalue weighted by atomic mass is 9.98. The van der Waals surface area contributed by atoms with Gasteiger partial charge in [-0.25, -0.2) is 0 Å². The summed E-state index contributed by atoms with van der Waals surface area (Å²) in [5.41, 5.74) is 0. The van der Waals surface area contributed by atoms with Crippen molar-refractivity contribution in [1.82, 2.24) is 0 Å². The quantitative estimate of drug-likeness (QED) is 0.562. The number of hydrogen-bond acceptors (Lipinski definition) is 8. The first-order valence-corrected chi connectivity index (χ1v) is 8.82. The van der Waals surface area contributed by atoms with Gasteiger partial charge in [0.05, 0.1) is 12.7 Å². The van der Waals surface area contributed by atoms with E-state index < -0.39 is 49.7 Å². The van der Waals surface area contributed by atoms with Gasteiger partial charge >= 0.3 is 0 Å². The van der Waals surface area contributed by atoms with E-state index >= 15 is 0 Å². The number of ether oxygens (including phenoxy) is 4. The summed E-state index contributed by atoms with van der Waals surface area (Å²) < 4.78 is 22.4. The van der Waals surface area contributed by atoms with Crippen molar-refractivity contribution in [2.75, 3.05) is 6.61 Å². The van der Waals surface area contributed by atoms with Crippen LogP contribution in [0.2, 0.25) is 0 Å². The SMILES string of the molecule is CC1CCC(O)C(OC2C(CO)OC(Oc3ccccc3)C(O)C2O)O1. The number of rotatable bonds is 5. The summed E-state index contributed by atoms with van der Waals surface area (Å²) >= 11 is 0. The maximum absolute atomic E-state index is 10.5. The predicted molar refractivity (Wildman–Crippen MR) is 89.3 cm³/mol. The first-order valence-electron chi connectivity index (χ1n) is 8.82. The standard InChI is InChI=1S/C18H26O8/c1-10-7-8-12(20)17(23-10)26-16-13(9-19)25-18(15(22)14(16)21)24-11-5-3-2-4-6-11/h2-6,10,12-22H,7-9H2,1H3. The Morgan fingerprint density at radius 2 is 1.73 bits per heavy atom. The number of aliphatic hydroxyl groups excluding tert-OH is 4. The van der Waals surface area contributed by atoms with Crippen molar-refractivity contribution in [3.63, 3.8) is 0 Å². The Bertz CT molecular complexity index is 553. The number of aliphatic hydroxyl groups is 4. The Kier molecular flexibility index (Phi) is 6.46. The molecule has 146 valence electrons. The highest BCUT2D eigenvalue weighted by atomic mass is 16.7. The highest BCUT2D eigenvalue weighted by molar-refractivity contribution is 5.21. The number of hydrogen-bond donors (Lipinski definition) is 4. The minimum atomic E-state index is -1.40. The molecule has 0 spiro atoms. The van der Waals surface area contributed by atoms with E-state index in [1.807, 2.05) is 13.0 Å². The highest BCUT2D eigenvalue weighted by Crippen LogP contribution is 2.29. The summed E-state index contributed by atoms with van der Waals surface area (Å²) in [5, 5.41) is 40.5. The van der Waals surface area contributed by atoms with Crippen LogP contribution in [0.25, 0.3) is 0 Å². The largest absolute Gasteiger partial charge is 0.462 e. The molecule has 0 aliphatic carbocycles. The maximum Gasteiger partial charge on any atom is 0.229 e. The molecule has 2 heterocycles. The van der Waals surface area contributed by atoms with Crippen molar-refractivity contribution in [1.29, 1.82) is 0 Å². The molecule has 2 fully saturated rings. The van der Waals surface area contributed by atoms with E-state index in [1.165, 1.54) is 0 Å². The summed E-state index contributed by atoms with van der Waals surface area (Å²) in [5.74, 6) is 0.458. The smallest absolute Gasteiger partial charge is 0.229 e. The second kappa shape index (κ2) is 8.62. The van der Waals surface area contributed by atoms with Crippen molar-refractivity contribution in [2.45, 2.75) is 69.0 Å². The van der Waals surface area contributed by atoms with Gasteiger partial charge in [0.1, 0.15) is 36.3 Å². The van der Waals surface area contributed by atoms with E-state index in [9.17, 15) is 20.4 Å². The molecule has 4 N–H and O–H groups in total. The van der Waals surface area contributed by atoms with Gasteiger partial charge in [-0.05, 0) is 31.9 Å². The van der Waals surface area contributed by atoms with E-state index in [0.29, 0.717) is 18.6 Å². The van der Waals surface area contributed by atoms with Crippen molar-refractivity contribution in [3.8, 4) is 5.75 Å². The summed E-state index contributed by atoms with van der Waals surface area (Å²) in [6.07, 6.45) is -6.69. The van der Waals surface area contributed by atoms with Crippen molar-refractivity contribution < 1.29 is 39.4 Å². The molecule has 3 rings (SSSR count). The highest BCUT2D eigenvalue weighted by Gasteiger charge is 2.48. The summed E-state index contributed by atoms with van der Waals surface area (Å²) in [6.45, 7) is 1.40. The lowest BCUT2D eigenvalue weighted by molar-refractivity contribution is -0.331. The zero-order chi connectivity index (χ0) is 18.7. The molecular weight excluding hydrogens is 344 g/mol. The Hall–Kier alpha value is -1.26. The van der Waals surface area contributed by atoms with Gasteiger partial charge in [-0.2, -0.15) is 0 Å². The van der Waals surface area contributed by atoms with E-state index in [4.69, 9.17) is 18.9 Å². The first kappa shape index (κ1) is 19.5. The maximum atomic E-state index is 10.5. The van der Waals surface area contributed by atoms with Crippen LogP contribution in [0.1, 0.15) is 19.8 Å². The van der Waals surface area contributed by atoms with Crippen LogP contribution in [0, 0.1) is 0 Å². The average molecular weight is 370 g/mol. The molecule has 8 atom stereocenters. The molecule has 8 unspecified atom stereocenters. The minimum Gasteiger partial charge on any atom is -0.462 e. The topological polar surface area (TPSA) is 118 Å². The van der Waals surface area contributed by atoms with Crippen molar-refractivity contribution in [2.24, 2.45) is 0 Å². The third kappa shape index (κ3) is 4.34. The zero-order valence-electron chi connectivity index (χ0n) is 14.5. The van der Waals surface area contributed by atoms with Crippen LogP contribution in [0.15, 0.2) is 30.3 Å². The van der Waals surface area contributed by atoms with Crippen LogP contribution in [0.3, 0.4) is 0 Å². The van der Waals surface area contributed by atoms with Gasteiger partial charge in [0.25, 0.3) is 0 Å². The van der Waals surface area contributed by atoms with E-state index in [1.54, 1.807) is 24.3 Å². The second-order valence-electron chi connectivity index (χ2n) is 6.70. The second-order valence-corrected chi connectivity index (χ2v) is 6.70. The molecule has 8 nitrogen and oxygen atoms in total. The van der Waals surface area contributed by atoms with Gasteiger partial charge < -0.3 is 39.4 Å². The van der Waals surface area contributed by atoms with E-state index in [-0.39, 0.29) is 6.10 Å². The molecule has 0 saturated carbocycles. The molecule has 2 saturated heterocycles. The number of para-hydroxylation sites is 1. The molecule has 26 heavy (non-hydrogen) atoms. The Morgan fingerprint density at radius 3 is 2.42 bits per heavy atom. The molecule has 0 amide bonds. The molecule has 2 aliphatic rings. The molecule has 0 aromatic heterocycles. The molecular formula is C18H26O8. The Morgan fingerprint density at radius 1 is 1.00 bits per heavy atom. The van der Waals surface area contributed by atoms with E-state index in [0.717, 1.165) is 0 Å². The average Bonchev–Trinajstić information content (AvgIpc) is 2.65. The predicted octanol–water partition coefficient (Wildman–Crippen LogP) is -0.225. The molecule has 0 radical (unpaired) electrons. The molecule has 8 heteroatoms. The molecule has 1 aromatic rings. The third-order valence-corrected chi connectivity index (χ3v) is 4.66. The van der Waals surface area contributed by atoms with Crippen LogP contribution >= 0.6 is 0 Å². The van der Waals surface area contributed by atoms with Gasteiger partial charge in [0, 0.05) is 0 Å². The van der Waals surface area contributed by atoms with Gasteiger partial charge in [-0.1, -0.05) is 18.2 Å². The van der Waals surface area contributed by atoms with Gasteiger partial charge in [0.15, 0.2) is 6.29 Å². The lowest BCUT2D eigenvalue weighted by Crippen LogP contribution is -2.62. The third-order valence-electron chi connectivity index (χ3n) is 4.66. The first-order chi connectivity index (χ1) is 12.5. The molecule has 0 bridgehead atoms. The molecule has 1 aromatic carbocycles. The van der Waals surface area contributed by atoms with Crippen LogP contribution < -0.4 is 4.74 Å². The summed E-state index contributed by atoms with van der Waals surface area (Å²) in [4.78, 5) is 0. The van der Waals surface area contributed by atoms with Crippen LogP contribution in [0.5, 0.6) is 5.75 Å². The fourth-order valence-electron chi connectivity index (χ4n) is 3.16. The monoisotopic (exact) mass is 370 g/mol. The summed E-state index contributed by atoms with van der Waals surface area (Å²) in [6, 6.07) is 8.72. The number of benzene rings is 1. The minimum absolute atomic E-state index is 0.100. The van der Waals surface area contributed by atoms with Crippen LogP contribution in [-0.4, -0.2) is 76.2 Å². The van der Waals surface area contributed by atoms with Gasteiger partial charge in [-0.15, -0.1) is 0 Å². The van der Waals surface area contributed by atoms with Crippen molar-refractivity contribution in [3.05, 3.63) is 30.3 Å². The van der Waals surface area contributed by atoms with Gasteiger partial charge in [0.2, 0.25) is 6.29 Å². The van der Waals surface area contributed by atoms with E-state index in [2.05, 4.69) is 0 Å². The lowest BCUT2D eigenvalue weighted by Gasteiger charge is -2.44. The molecule has 2 aliphatic heterocycles. The fraction of sp³-hybridized carbons (Fsp3) is 0.667. The Labute approximate surface area is 151 Å². The Balaban J connectivity index is 1.68. The summed E-state index contributed by atoms with van der Waals surface area (Å²) in [7, 11) is 0. The van der Waals surface area contributed by atoms with Crippen LogP contribution in [-0.2, 0) is 14.2 Å². The van der Waals surface area contributed by atoms with Crippen molar-refractivity contribution >= 4 is 0 Å². The normalized spacial score (nSPS) is 41.0.